The van der Waals surface area contributed by atoms with E-state index >= 15 is 0 Å². The van der Waals surface area contributed by atoms with Crippen molar-refractivity contribution >= 4 is 5.78 Å². The van der Waals surface area contributed by atoms with Crippen molar-refractivity contribution in [1.29, 1.82) is 0 Å². The van der Waals surface area contributed by atoms with Crippen LogP contribution in [0.1, 0.15) is 36.3 Å². The Morgan fingerprint density at radius 2 is 2.47 bits per heavy atom. The van der Waals surface area contributed by atoms with Gasteiger partial charge in [-0.2, -0.15) is 4.98 Å². The van der Waals surface area contributed by atoms with E-state index in [1.807, 2.05) is 0 Å². The third-order valence-corrected chi connectivity index (χ3v) is 2.50. The van der Waals surface area contributed by atoms with Crippen LogP contribution < -0.4 is 0 Å². The molecular weight excluding hydrogens is 196 g/mol. The minimum atomic E-state index is -0.186. The zero-order chi connectivity index (χ0) is 10.7. The first-order chi connectivity index (χ1) is 7.25. The molecule has 1 aromatic heterocycles. The molecule has 5 nitrogen and oxygen atoms in total. The predicted octanol–water partition coefficient (Wildman–Crippen LogP) is 1.24. The van der Waals surface area contributed by atoms with Crippen molar-refractivity contribution in [3.8, 4) is 0 Å². The highest BCUT2D eigenvalue weighted by atomic mass is 16.5. The lowest BCUT2D eigenvalue weighted by Crippen LogP contribution is -2.19. The number of nitrogens with zero attached hydrogens (tertiary/aromatic N) is 2. The van der Waals surface area contributed by atoms with Crippen molar-refractivity contribution in [2.45, 2.75) is 26.2 Å². The number of hydrogen-bond donors (Lipinski definition) is 0. The highest BCUT2D eigenvalue weighted by Gasteiger charge is 2.18. The Kier molecular flexibility index (Phi) is 3.11. The van der Waals surface area contributed by atoms with E-state index < -0.39 is 0 Å². The maximum atomic E-state index is 10.9. The van der Waals surface area contributed by atoms with Crippen LogP contribution >= 0.6 is 0 Å². The summed E-state index contributed by atoms with van der Waals surface area (Å²) < 4.78 is 10.2. The number of carbonyl (C=O) groups is 1. The van der Waals surface area contributed by atoms with Crippen LogP contribution in [0.3, 0.4) is 0 Å². The number of hydrogen-bond acceptors (Lipinski definition) is 5. The molecule has 0 aliphatic carbocycles. The molecule has 2 heterocycles. The van der Waals surface area contributed by atoms with E-state index in [-0.39, 0.29) is 11.7 Å². The molecule has 0 spiro atoms. The molecule has 1 unspecified atom stereocenters. The van der Waals surface area contributed by atoms with E-state index in [1.54, 1.807) is 0 Å². The van der Waals surface area contributed by atoms with Crippen LogP contribution in [0.4, 0.5) is 0 Å². The SMILES string of the molecule is CC(=O)c1nc(CC2CCCOC2)no1. The predicted molar refractivity (Wildman–Crippen MR) is 51.5 cm³/mol. The highest BCUT2D eigenvalue weighted by molar-refractivity contribution is 5.89. The molecule has 15 heavy (non-hydrogen) atoms. The normalized spacial score (nSPS) is 21.5. The number of carbonyl (C=O) groups excluding carboxylic acids is 1. The maximum absolute atomic E-state index is 10.9. The molecule has 1 atom stereocenters. The molecule has 1 aliphatic heterocycles. The quantitative estimate of drug-likeness (QED) is 0.702. The molecule has 0 amide bonds. The van der Waals surface area contributed by atoms with Crippen molar-refractivity contribution in [3.05, 3.63) is 11.7 Å². The molecule has 0 N–H and O–H groups in total. The highest BCUT2D eigenvalue weighted by Crippen LogP contribution is 2.17. The molecule has 5 heteroatoms. The molecule has 0 aromatic carbocycles. The number of ketones is 1. The maximum Gasteiger partial charge on any atom is 0.293 e. The van der Waals surface area contributed by atoms with Crippen molar-refractivity contribution in [2.75, 3.05) is 13.2 Å². The van der Waals surface area contributed by atoms with Gasteiger partial charge in [-0.15, -0.1) is 0 Å². The van der Waals surface area contributed by atoms with Crippen LogP contribution in [0, 0.1) is 5.92 Å². The summed E-state index contributed by atoms with van der Waals surface area (Å²) in [5.74, 6) is 0.974. The Balaban J connectivity index is 1.94. The van der Waals surface area contributed by atoms with Crippen LogP contribution in [0.25, 0.3) is 0 Å². The Morgan fingerprint density at radius 3 is 3.07 bits per heavy atom. The summed E-state index contributed by atoms with van der Waals surface area (Å²) in [4.78, 5) is 15.0. The lowest BCUT2D eigenvalue weighted by atomic mass is 9.98. The van der Waals surface area contributed by atoms with Crippen LogP contribution in [0.2, 0.25) is 0 Å². The largest absolute Gasteiger partial charge is 0.381 e. The van der Waals surface area contributed by atoms with Crippen LogP contribution in [-0.4, -0.2) is 29.1 Å². The molecule has 0 saturated carbocycles. The first kappa shape index (κ1) is 10.3. The molecule has 2 rings (SSSR count). The van der Waals surface area contributed by atoms with E-state index in [0.717, 1.165) is 32.5 Å². The first-order valence-corrected chi connectivity index (χ1v) is 5.17. The van der Waals surface area contributed by atoms with E-state index in [0.29, 0.717) is 11.7 Å². The third kappa shape index (κ3) is 2.62. The average Bonchev–Trinajstić information content (AvgIpc) is 2.68. The van der Waals surface area contributed by atoms with Gasteiger partial charge in [-0.1, -0.05) is 5.16 Å². The lowest BCUT2D eigenvalue weighted by Gasteiger charge is -2.20. The number of ether oxygens (including phenoxy) is 1. The lowest BCUT2D eigenvalue weighted by molar-refractivity contribution is 0.0541. The van der Waals surface area contributed by atoms with Gasteiger partial charge in [0.05, 0.1) is 0 Å². The van der Waals surface area contributed by atoms with Gasteiger partial charge in [0.15, 0.2) is 5.82 Å². The molecule has 82 valence electrons. The van der Waals surface area contributed by atoms with Gasteiger partial charge in [-0.3, -0.25) is 4.79 Å². The van der Waals surface area contributed by atoms with Crippen LogP contribution in [-0.2, 0) is 11.2 Å². The summed E-state index contributed by atoms with van der Waals surface area (Å²) in [7, 11) is 0. The monoisotopic (exact) mass is 210 g/mol. The van der Waals surface area contributed by atoms with E-state index in [2.05, 4.69) is 10.1 Å². The standard InChI is InChI=1S/C10H14N2O3/c1-7(13)10-11-9(12-15-10)5-8-3-2-4-14-6-8/h8H,2-6H2,1H3. The van der Waals surface area contributed by atoms with E-state index in [9.17, 15) is 4.79 Å². The van der Waals surface area contributed by atoms with Gasteiger partial charge < -0.3 is 9.26 Å². The molecule has 0 bridgehead atoms. The minimum Gasteiger partial charge on any atom is -0.381 e. The fourth-order valence-electron chi connectivity index (χ4n) is 1.71. The number of rotatable bonds is 3. The van der Waals surface area contributed by atoms with Crippen molar-refractivity contribution in [3.63, 3.8) is 0 Å². The third-order valence-electron chi connectivity index (χ3n) is 2.50. The molecule has 1 saturated heterocycles. The Labute approximate surface area is 87.8 Å². The second-order valence-corrected chi connectivity index (χ2v) is 3.86. The summed E-state index contributed by atoms with van der Waals surface area (Å²) in [6.07, 6.45) is 2.95. The molecule has 1 aliphatic rings. The summed E-state index contributed by atoms with van der Waals surface area (Å²) in [5, 5.41) is 3.77. The fourth-order valence-corrected chi connectivity index (χ4v) is 1.71. The average molecular weight is 210 g/mol. The van der Waals surface area contributed by atoms with Crippen LogP contribution in [0.15, 0.2) is 4.52 Å². The first-order valence-electron chi connectivity index (χ1n) is 5.17. The van der Waals surface area contributed by atoms with E-state index in [4.69, 9.17) is 9.26 Å². The summed E-state index contributed by atoms with van der Waals surface area (Å²) in [5.41, 5.74) is 0. The number of aromatic nitrogens is 2. The second kappa shape index (κ2) is 4.53. The Bertz CT molecular complexity index is 342. The molecule has 0 radical (unpaired) electrons. The van der Waals surface area contributed by atoms with Gasteiger partial charge in [0.2, 0.25) is 5.78 Å². The van der Waals surface area contributed by atoms with Crippen LogP contribution in [0.5, 0.6) is 0 Å². The molecule has 1 aromatic rings. The van der Waals surface area contributed by atoms with Gasteiger partial charge in [0.25, 0.3) is 5.89 Å². The minimum absolute atomic E-state index is 0.0988. The topological polar surface area (TPSA) is 65.2 Å². The smallest absolute Gasteiger partial charge is 0.293 e. The van der Waals surface area contributed by atoms with Gasteiger partial charge >= 0.3 is 0 Å². The summed E-state index contributed by atoms with van der Waals surface area (Å²) >= 11 is 0. The summed E-state index contributed by atoms with van der Waals surface area (Å²) in [6, 6.07) is 0. The summed E-state index contributed by atoms with van der Waals surface area (Å²) in [6.45, 7) is 3.02. The molecule has 1 fully saturated rings. The zero-order valence-electron chi connectivity index (χ0n) is 8.73. The van der Waals surface area contributed by atoms with Crippen molar-refractivity contribution in [1.82, 2.24) is 10.1 Å². The van der Waals surface area contributed by atoms with Gasteiger partial charge in [-0.25, -0.2) is 0 Å². The van der Waals surface area contributed by atoms with Gasteiger partial charge in [0, 0.05) is 26.6 Å². The second-order valence-electron chi connectivity index (χ2n) is 3.86. The van der Waals surface area contributed by atoms with Gasteiger partial charge in [0.1, 0.15) is 0 Å². The fraction of sp³-hybridized carbons (Fsp3) is 0.700. The zero-order valence-corrected chi connectivity index (χ0v) is 8.73. The van der Waals surface area contributed by atoms with Crippen molar-refractivity contribution < 1.29 is 14.1 Å². The van der Waals surface area contributed by atoms with Crippen molar-refractivity contribution in [2.24, 2.45) is 5.92 Å². The molecular formula is C10H14N2O3. The van der Waals surface area contributed by atoms with Gasteiger partial charge in [-0.05, 0) is 18.8 Å². The Hall–Kier alpha value is -1.23. The Morgan fingerprint density at radius 1 is 1.60 bits per heavy atom. The van der Waals surface area contributed by atoms with E-state index in [1.165, 1.54) is 6.92 Å². The number of Topliss-reactive ketones (excluding diaryl/α,β-unsaturated/α-hetero) is 1.